The van der Waals surface area contributed by atoms with E-state index in [9.17, 15) is 4.79 Å². The average Bonchev–Trinajstić information content (AvgIpc) is 2.64. The van der Waals surface area contributed by atoms with Crippen LogP contribution in [0.3, 0.4) is 0 Å². The molecule has 3 nitrogen and oxygen atoms in total. The molecule has 0 aromatic carbocycles. The molecule has 1 amide bonds. The Morgan fingerprint density at radius 2 is 1.92 bits per heavy atom. The van der Waals surface area contributed by atoms with Crippen LogP contribution in [0.4, 0.5) is 0 Å². The molecule has 0 heterocycles. The zero-order valence-electron chi connectivity index (χ0n) is 8.98. The Hall–Kier alpha value is -0.570. The van der Waals surface area contributed by atoms with Crippen molar-refractivity contribution in [2.45, 2.75) is 52.1 Å². The maximum absolute atomic E-state index is 11.6. The fourth-order valence-electron chi connectivity index (χ4n) is 1.08. The van der Waals surface area contributed by atoms with Crippen molar-refractivity contribution < 1.29 is 4.79 Å². The van der Waals surface area contributed by atoms with E-state index in [4.69, 9.17) is 5.73 Å². The van der Waals surface area contributed by atoms with Gasteiger partial charge in [-0.25, -0.2) is 0 Å². The summed E-state index contributed by atoms with van der Waals surface area (Å²) in [4.78, 5) is 11.6. The summed E-state index contributed by atoms with van der Waals surface area (Å²) in [6.45, 7) is 7.99. The van der Waals surface area contributed by atoms with Gasteiger partial charge in [0.1, 0.15) is 0 Å². The number of carbonyl (C=O) groups is 1. The van der Waals surface area contributed by atoms with Crippen molar-refractivity contribution in [3.05, 3.63) is 0 Å². The van der Waals surface area contributed by atoms with Crippen LogP contribution in [-0.4, -0.2) is 17.5 Å². The molecule has 0 aromatic rings. The number of hydrogen-bond donors (Lipinski definition) is 2. The summed E-state index contributed by atoms with van der Waals surface area (Å²) in [6.07, 6.45) is 2.16. The molecule has 1 aliphatic carbocycles. The topological polar surface area (TPSA) is 55.1 Å². The molecule has 76 valence electrons. The summed E-state index contributed by atoms with van der Waals surface area (Å²) in [7, 11) is 0. The van der Waals surface area contributed by atoms with Crippen LogP contribution in [0.15, 0.2) is 0 Å². The van der Waals surface area contributed by atoms with Crippen molar-refractivity contribution in [3.63, 3.8) is 0 Å². The Morgan fingerprint density at radius 3 is 2.23 bits per heavy atom. The van der Waals surface area contributed by atoms with E-state index in [0.717, 1.165) is 12.8 Å². The minimum absolute atomic E-state index is 0.0208. The van der Waals surface area contributed by atoms with Gasteiger partial charge in [0.25, 0.3) is 0 Å². The molecule has 3 heteroatoms. The fourth-order valence-corrected chi connectivity index (χ4v) is 1.08. The molecule has 0 unspecified atom stereocenters. The van der Waals surface area contributed by atoms with Gasteiger partial charge in [-0.15, -0.1) is 0 Å². The smallest absolute Gasteiger partial charge is 0.237 e. The summed E-state index contributed by atoms with van der Waals surface area (Å²) < 4.78 is 0. The minimum atomic E-state index is -0.412. The molecule has 0 saturated heterocycles. The zero-order chi connectivity index (χ0) is 10.3. The van der Waals surface area contributed by atoms with Gasteiger partial charge in [-0.2, -0.15) is 0 Å². The lowest BCUT2D eigenvalue weighted by molar-refractivity contribution is -0.125. The quantitative estimate of drug-likeness (QED) is 0.673. The van der Waals surface area contributed by atoms with E-state index >= 15 is 0 Å². The summed E-state index contributed by atoms with van der Waals surface area (Å²) >= 11 is 0. The lowest BCUT2D eigenvalue weighted by atomic mass is 9.87. The molecule has 1 saturated carbocycles. The van der Waals surface area contributed by atoms with E-state index in [0.29, 0.717) is 0 Å². The lowest BCUT2D eigenvalue weighted by Gasteiger charge is -2.27. The van der Waals surface area contributed by atoms with E-state index < -0.39 is 6.04 Å². The van der Waals surface area contributed by atoms with Crippen LogP contribution < -0.4 is 11.1 Å². The van der Waals surface area contributed by atoms with E-state index in [1.165, 1.54) is 0 Å². The van der Waals surface area contributed by atoms with Crippen LogP contribution in [0.5, 0.6) is 0 Å². The van der Waals surface area contributed by atoms with Gasteiger partial charge in [-0.05, 0) is 25.2 Å². The van der Waals surface area contributed by atoms with Crippen molar-refractivity contribution in [3.8, 4) is 0 Å². The number of carbonyl (C=O) groups excluding carboxylic acids is 1. The lowest BCUT2D eigenvalue weighted by Crippen LogP contribution is -2.51. The Balaban J connectivity index is 2.48. The second-order valence-corrected chi connectivity index (χ2v) is 5.39. The molecule has 1 aliphatic rings. The fraction of sp³-hybridized carbons (Fsp3) is 0.900. The molecule has 0 bridgehead atoms. The van der Waals surface area contributed by atoms with Gasteiger partial charge in [-0.1, -0.05) is 20.8 Å². The third-order valence-electron chi connectivity index (χ3n) is 2.64. The van der Waals surface area contributed by atoms with Crippen LogP contribution in [0.25, 0.3) is 0 Å². The van der Waals surface area contributed by atoms with Gasteiger partial charge in [-0.3, -0.25) is 4.79 Å². The van der Waals surface area contributed by atoms with Gasteiger partial charge in [0.2, 0.25) is 5.91 Å². The maximum Gasteiger partial charge on any atom is 0.237 e. The highest BCUT2D eigenvalue weighted by molar-refractivity contribution is 5.83. The van der Waals surface area contributed by atoms with Crippen LogP contribution in [0, 0.1) is 5.41 Å². The average molecular weight is 184 g/mol. The highest BCUT2D eigenvalue weighted by atomic mass is 16.2. The molecule has 0 aromatic heterocycles. The molecule has 0 aliphatic heterocycles. The Labute approximate surface area is 80.1 Å². The molecular weight excluding hydrogens is 164 g/mol. The zero-order valence-corrected chi connectivity index (χ0v) is 8.98. The highest BCUT2D eigenvalue weighted by Gasteiger charge is 2.41. The summed E-state index contributed by atoms with van der Waals surface area (Å²) in [5.74, 6) is -0.0208. The molecule has 0 radical (unpaired) electrons. The van der Waals surface area contributed by atoms with Gasteiger partial charge < -0.3 is 11.1 Å². The van der Waals surface area contributed by atoms with Gasteiger partial charge >= 0.3 is 0 Å². The predicted octanol–water partition coefficient (Wildman–Crippen LogP) is 1.03. The highest BCUT2D eigenvalue weighted by Crippen LogP contribution is 2.34. The molecule has 13 heavy (non-hydrogen) atoms. The second-order valence-electron chi connectivity index (χ2n) is 5.39. The van der Waals surface area contributed by atoms with Crippen LogP contribution in [0.1, 0.15) is 40.5 Å². The van der Waals surface area contributed by atoms with E-state index in [-0.39, 0.29) is 16.9 Å². The van der Waals surface area contributed by atoms with Gasteiger partial charge in [0.15, 0.2) is 0 Å². The first-order valence-corrected chi connectivity index (χ1v) is 4.82. The number of rotatable bonds is 2. The molecule has 1 rings (SSSR count). The SMILES string of the molecule is CC1(NC(=O)[C@H](N)C(C)(C)C)CC1. The van der Waals surface area contributed by atoms with Crippen molar-refractivity contribution in [2.75, 3.05) is 0 Å². The minimum Gasteiger partial charge on any atom is -0.350 e. The first-order valence-electron chi connectivity index (χ1n) is 4.82. The van der Waals surface area contributed by atoms with Crippen LogP contribution in [-0.2, 0) is 4.79 Å². The molecule has 3 N–H and O–H groups in total. The summed E-state index contributed by atoms with van der Waals surface area (Å²) in [5.41, 5.74) is 5.70. The van der Waals surface area contributed by atoms with Crippen molar-refractivity contribution >= 4 is 5.91 Å². The van der Waals surface area contributed by atoms with Gasteiger partial charge in [0.05, 0.1) is 6.04 Å². The number of amides is 1. The summed E-state index contributed by atoms with van der Waals surface area (Å²) in [6, 6.07) is -0.412. The normalized spacial score (nSPS) is 22.2. The Bertz CT molecular complexity index is 213. The second kappa shape index (κ2) is 2.98. The Morgan fingerprint density at radius 1 is 1.46 bits per heavy atom. The van der Waals surface area contributed by atoms with Crippen molar-refractivity contribution in [1.29, 1.82) is 0 Å². The third-order valence-corrected chi connectivity index (χ3v) is 2.64. The molecular formula is C10H20N2O. The number of hydrogen-bond acceptors (Lipinski definition) is 2. The standard InChI is InChI=1S/C10H20N2O/c1-9(2,3)7(11)8(13)12-10(4)5-6-10/h7H,5-6,11H2,1-4H3,(H,12,13)/t7-/m0/s1. The maximum atomic E-state index is 11.6. The van der Waals surface area contributed by atoms with Crippen molar-refractivity contribution in [2.24, 2.45) is 11.1 Å². The third kappa shape index (κ3) is 2.69. The predicted molar refractivity (Wildman–Crippen MR) is 53.2 cm³/mol. The van der Waals surface area contributed by atoms with E-state index in [2.05, 4.69) is 12.2 Å². The van der Waals surface area contributed by atoms with E-state index in [1.54, 1.807) is 0 Å². The first kappa shape index (κ1) is 10.5. The van der Waals surface area contributed by atoms with Crippen LogP contribution in [0.2, 0.25) is 0 Å². The monoisotopic (exact) mass is 184 g/mol. The molecule has 1 atom stereocenters. The van der Waals surface area contributed by atoms with E-state index in [1.807, 2.05) is 20.8 Å². The van der Waals surface area contributed by atoms with Crippen molar-refractivity contribution in [1.82, 2.24) is 5.32 Å². The molecule has 1 fully saturated rings. The first-order chi connectivity index (χ1) is 5.75. The molecule has 0 spiro atoms. The Kier molecular flexibility index (Phi) is 2.41. The number of nitrogens with two attached hydrogens (primary N) is 1. The summed E-state index contributed by atoms with van der Waals surface area (Å²) in [5, 5.41) is 2.97. The largest absolute Gasteiger partial charge is 0.350 e. The van der Waals surface area contributed by atoms with Crippen LogP contribution >= 0.6 is 0 Å². The number of nitrogens with one attached hydrogen (secondary N) is 1. The van der Waals surface area contributed by atoms with Gasteiger partial charge in [0, 0.05) is 5.54 Å².